The zero-order valence-electron chi connectivity index (χ0n) is 13.9. The van der Waals surface area contributed by atoms with Crippen LogP contribution in [0.1, 0.15) is 17.5 Å². The molecule has 0 aliphatic carbocycles. The molecule has 132 valence electrons. The van der Waals surface area contributed by atoms with Crippen LogP contribution >= 0.6 is 0 Å². The number of hydrogen-bond donors (Lipinski definition) is 2. The molecule has 1 aromatic carbocycles. The van der Waals surface area contributed by atoms with Crippen LogP contribution in [0.15, 0.2) is 48.8 Å². The minimum absolute atomic E-state index is 0.403. The number of pyridine rings is 1. The van der Waals surface area contributed by atoms with Crippen molar-refractivity contribution in [3.8, 4) is 22.9 Å². The van der Waals surface area contributed by atoms with Gasteiger partial charge in [0.05, 0.1) is 17.6 Å². The van der Waals surface area contributed by atoms with E-state index in [0.29, 0.717) is 30.9 Å². The average molecular weight is 351 g/mol. The van der Waals surface area contributed by atoms with Crippen molar-refractivity contribution < 1.29 is 19.4 Å². The topological polar surface area (TPSA) is 97.3 Å². The summed E-state index contributed by atoms with van der Waals surface area (Å²) < 4.78 is 11.3. The molecule has 1 unspecified atom stereocenters. The van der Waals surface area contributed by atoms with Gasteiger partial charge in [-0.1, -0.05) is 6.07 Å². The standard InChI is InChI=1S/C19H17N3O4/c23-19(24)18-6-2-13-9-12(1-5-17(13)26-18)11-25-14-3-4-15(20-10-14)16-7-8-21-22-16/h1,3-5,7-10,18H,2,6,11H2,(H,21,22)(H,23,24). The normalized spacial score (nSPS) is 15.8. The van der Waals surface area contributed by atoms with Crippen molar-refractivity contribution in [2.75, 3.05) is 0 Å². The molecule has 3 heterocycles. The first-order valence-electron chi connectivity index (χ1n) is 8.29. The summed E-state index contributed by atoms with van der Waals surface area (Å²) in [7, 11) is 0. The molecule has 26 heavy (non-hydrogen) atoms. The first-order valence-corrected chi connectivity index (χ1v) is 8.29. The number of aryl methyl sites for hydroxylation is 1. The fourth-order valence-corrected chi connectivity index (χ4v) is 2.90. The minimum Gasteiger partial charge on any atom is -0.487 e. The Morgan fingerprint density at radius 1 is 1.31 bits per heavy atom. The Labute approximate surface area is 149 Å². The van der Waals surface area contributed by atoms with Crippen molar-refractivity contribution in [2.45, 2.75) is 25.6 Å². The highest BCUT2D eigenvalue weighted by atomic mass is 16.5. The SMILES string of the molecule is O=C(O)C1CCc2cc(COc3ccc(-c4ccn[nH]4)nc3)ccc2O1. The molecule has 0 saturated carbocycles. The first kappa shape index (κ1) is 16.1. The van der Waals surface area contributed by atoms with Crippen LogP contribution in [0.3, 0.4) is 0 Å². The fraction of sp³-hybridized carbons (Fsp3) is 0.211. The van der Waals surface area contributed by atoms with Crippen molar-refractivity contribution in [2.24, 2.45) is 0 Å². The number of aliphatic carboxylic acids is 1. The number of aromatic amines is 1. The number of carbonyl (C=O) groups is 1. The van der Waals surface area contributed by atoms with Crippen molar-refractivity contribution in [3.63, 3.8) is 0 Å². The van der Waals surface area contributed by atoms with Crippen LogP contribution in [0.25, 0.3) is 11.4 Å². The number of aromatic nitrogens is 3. The van der Waals surface area contributed by atoms with E-state index in [2.05, 4.69) is 15.2 Å². The molecule has 3 aromatic rings. The number of ether oxygens (including phenoxy) is 2. The molecule has 7 nitrogen and oxygen atoms in total. The molecule has 0 amide bonds. The molecule has 0 radical (unpaired) electrons. The molecular weight excluding hydrogens is 334 g/mol. The molecule has 2 N–H and O–H groups in total. The quantitative estimate of drug-likeness (QED) is 0.734. The summed E-state index contributed by atoms with van der Waals surface area (Å²) in [5.74, 6) is 0.389. The van der Waals surface area contributed by atoms with Crippen LogP contribution in [0.2, 0.25) is 0 Å². The van der Waals surface area contributed by atoms with Crippen LogP contribution in [-0.4, -0.2) is 32.4 Å². The van der Waals surface area contributed by atoms with Crippen molar-refractivity contribution >= 4 is 5.97 Å². The van der Waals surface area contributed by atoms with Crippen LogP contribution in [0.5, 0.6) is 11.5 Å². The molecule has 7 heteroatoms. The maximum absolute atomic E-state index is 11.0. The lowest BCUT2D eigenvalue weighted by Gasteiger charge is -2.23. The van der Waals surface area contributed by atoms with Gasteiger partial charge >= 0.3 is 5.97 Å². The summed E-state index contributed by atoms with van der Waals surface area (Å²) in [5.41, 5.74) is 3.66. The van der Waals surface area contributed by atoms with Crippen molar-refractivity contribution in [1.29, 1.82) is 0 Å². The molecular formula is C19H17N3O4. The summed E-state index contributed by atoms with van der Waals surface area (Å²) in [6.45, 7) is 0.403. The number of fused-ring (bicyclic) bond motifs is 1. The van der Waals surface area contributed by atoms with E-state index < -0.39 is 12.1 Å². The molecule has 4 rings (SSSR count). The maximum Gasteiger partial charge on any atom is 0.344 e. The predicted octanol–water partition coefficient (Wildman–Crippen LogP) is 2.83. The number of hydrogen-bond acceptors (Lipinski definition) is 5. The number of H-pyrrole nitrogens is 1. The van der Waals surface area contributed by atoms with Crippen LogP contribution in [0, 0.1) is 0 Å². The molecule has 0 bridgehead atoms. The number of carboxylic acids is 1. The van der Waals surface area contributed by atoms with Gasteiger partial charge in [0.1, 0.15) is 18.1 Å². The number of nitrogens with zero attached hydrogens (tertiary/aromatic N) is 2. The van der Waals surface area contributed by atoms with Gasteiger partial charge in [-0.2, -0.15) is 5.10 Å². The summed E-state index contributed by atoms with van der Waals surface area (Å²) >= 11 is 0. The lowest BCUT2D eigenvalue weighted by Crippen LogP contribution is -2.30. The molecule has 0 saturated heterocycles. The van der Waals surface area contributed by atoms with Gasteiger partial charge in [-0.3, -0.25) is 10.1 Å². The summed E-state index contributed by atoms with van der Waals surface area (Å²) in [6.07, 6.45) is 3.75. The zero-order chi connectivity index (χ0) is 17.9. The smallest absolute Gasteiger partial charge is 0.344 e. The Hall–Kier alpha value is -3.35. The van der Waals surface area contributed by atoms with Crippen molar-refractivity contribution in [1.82, 2.24) is 15.2 Å². The zero-order valence-corrected chi connectivity index (χ0v) is 13.9. The summed E-state index contributed by atoms with van der Waals surface area (Å²) in [6, 6.07) is 11.3. The van der Waals surface area contributed by atoms with E-state index in [9.17, 15) is 4.79 Å². The Balaban J connectivity index is 1.40. The van der Waals surface area contributed by atoms with E-state index in [1.54, 1.807) is 12.4 Å². The molecule has 1 aliphatic heterocycles. The van der Waals surface area contributed by atoms with E-state index in [0.717, 1.165) is 22.5 Å². The largest absolute Gasteiger partial charge is 0.487 e. The lowest BCUT2D eigenvalue weighted by atomic mass is 10.00. The fourth-order valence-electron chi connectivity index (χ4n) is 2.90. The molecule has 1 aliphatic rings. The van der Waals surface area contributed by atoms with E-state index in [1.807, 2.05) is 36.4 Å². The van der Waals surface area contributed by atoms with E-state index in [-0.39, 0.29) is 0 Å². The van der Waals surface area contributed by atoms with Crippen LogP contribution in [-0.2, 0) is 17.8 Å². The highest BCUT2D eigenvalue weighted by molar-refractivity contribution is 5.73. The van der Waals surface area contributed by atoms with Gasteiger partial charge in [0.15, 0.2) is 6.10 Å². The number of rotatable bonds is 5. The third kappa shape index (κ3) is 3.37. The highest BCUT2D eigenvalue weighted by Crippen LogP contribution is 2.29. The van der Waals surface area contributed by atoms with Gasteiger partial charge in [0.2, 0.25) is 0 Å². The number of benzene rings is 1. The number of nitrogens with one attached hydrogen (secondary N) is 1. The molecule has 2 aromatic heterocycles. The maximum atomic E-state index is 11.0. The van der Waals surface area contributed by atoms with Gasteiger partial charge in [0.25, 0.3) is 0 Å². The first-order chi connectivity index (χ1) is 12.7. The number of carboxylic acid groups (broad SMARTS) is 1. The van der Waals surface area contributed by atoms with E-state index >= 15 is 0 Å². The molecule has 1 atom stereocenters. The predicted molar refractivity (Wildman–Crippen MR) is 93.0 cm³/mol. The van der Waals surface area contributed by atoms with Gasteiger partial charge in [-0.15, -0.1) is 0 Å². The van der Waals surface area contributed by atoms with Gasteiger partial charge in [-0.05, 0) is 54.3 Å². The van der Waals surface area contributed by atoms with E-state index in [4.69, 9.17) is 14.6 Å². The van der Waals surface area contributed by atoms with Gasteiger partial charge in [-0.25, -0.2) is 4.79 Å². The second-order valence-electron chi connectivity index (χ2n) is 6.06. The lowest BCUT2D eigenvalue weighted by molar-refractivity contribution is -0.145. The average Bonchev–Trinajstić information content (AvgIpc) is 3.21. The van der Waals surface area contributed by atoms with Gasteiger partial charge in [0, 0.05) is 6.20 Å². The van der Waals surface area contributed by atoms with Crippen LogP contribution in [0.4, 0.5) is 0 Å². The summed E-state index contributed by atoms with van der Waals surface area (Å²) in [4.78, 5) is 15.4. The van der Waals surface area contributed by atoms with Crippen molar-refractivity contribution in [3.05, 3.63) is 59.9 Å². The molecule has 0 spiro atoms. The third-order valence-electron chi connectivity index (χ3n) is 4.26. The monoisotopic (exact) mass is 351 g/mol. The summed E-state index contributed by atoms with van der Waals surface area (Å²) in [5, 5.41) is 15.8. The molecule has 0 fully saturated rings. The van der Waals surface area contributed by atoms with E-state index in [1.165, 1.54) is 0 Å². The second-order valence-corrected chi connectivity index (χ2v) is 6.06. The Kier molecular flexibility index (Phi) is 4.27. The Bertz CT molecular complexity index is 907. The second kappa shape index (κ2) is 6.87. The van der Waals surface area contributed by atoms with Gasteiger partial charge < -0.3 is 14.6 Å². The Morgan fingerprint density at radius 2 is 2.23 bits per heavy atom. The highest BCUT2D eigenvalue weighted by Gasteiger charge is 2.25. The Morgan fingerprint density at radius 3 is 2.96 bits per heavy atom. The minimum atomic E-state index is -0.922. The third-order valence-corrected chi connectivity index (χ3v) is 4.26. The van der Waals surface area contributed by atoms with Crippen LogP contribution < -0.4 is 9.47 Å².